The van der Waals surface area contributed by atoms with Crippen molar-refractivity contribution >= 4 is 23.4 Å². The van der Waals surface area contributed by atoms with Gasteiger partial charge < -0.3 is 20.6 Å². The van der Waals surface area contributed by atoms with Gasteiger partial charge in [0, 0.05) is 11.8 Å². The zero-order valence-corrected chi connectivity index (χ0v) is 19.0. The molecular weight excluding hydrogens is 457 g/mol. The number of carbonyl (C=O) groups excluding carboxylic acids is 1. The summed E-state index contributed by atoms with van der Waals surface area (Å²) in [4.78, 5) is 13.2. The number of nitrogen functional groups attached to an aromatic ring is 1. The largest absolute Gasteiger partial charge is 0.497 e. The third-order valence-corrected chi connectivity index (χ3v) is 6.03. The normalized spacial score (nSPS) is 11.6. The highest BCUT2D eigenvalue weighted by molar-refractivity contribution is 8.00. The minimum atomic E-state index is -0.648. The average molecular weight is 480 g/mol. The van der Waals surface area contributed by atoms with E-state index in [-0.39, 0.29) is 18.3 Å². The first-order valence-electron chi connectivity index (χ1n) is 10.3. The Kier molecular flexibility index (Phi) is 7.28. The van der Waals surface area contributed by atoms with Crippen molar-refractivity contribution in [3.05, 3.63) is 96.1 Å². The van der Waals surface area contributed by atoms with Crippen LogP contribution in [-0.2, 0) is 11.4 Å². The summed E-state index contributed by atoms with van der Waals surface area (Å²) in [6, 6.07) is 22.0. The first-order valence-corrected chi connectivity index (χ1v) is 11.2. The molecule has 0 aliphatic heterocycles. The Morgan fingerprint density at radius 3 is 2.56 bits per heavy atom. The van der Waals surface area contributed by atoms with Crippen molar-refractivity contribution in [2.24, 2.45) is 0 Å². The third-order valence-electron chi connectivity index (χ3n) is 4.82. The molecule has 0 saturated carbocycles. The minimum Gasteiger partial charge on any atom is -0.497 e. The molecule has 3 aromatic carbocycles. The Morgan fingerprint density at radius 2 is 1.82 bits per heavy atom. The summed E-state index contributed by atoms with van der Waals surface area (Å²) >= 11 is 1.17. The van der Waals surface area contributed by atoms with Crippen molar-refractivity contribution in [2.45, 2.75) is 17.0 Å². The molecule has 1 atom stereocenters. The molecule has 34 heavy (non-hydrogen) atoms. The number of benzene rings is 3. The Balaban J connectivity index is 1.51. The lowest BCUT2D eigenvalue weighted by molar-refractivity contribution is -0.115. The Morgan fingerprint density at radius 1 is 1.06 bits per heavy atom. The van der Waals surface area contributed by atoms with Gasteiger partial charge in [-0.1, -0.05) is 48.2 Å². The second-order valence-electron chi connectivity index (χ2n) is 7.14. The first-order chi connectivity index (χ1) is 16.5. The van der Waals surface area contributed by atoms with E-state index in [0.717, 1.165) is 5.56 Å². The summed E-state index contributed by atoms with van der Waals surface area (Å²) in [6.45, 7) is 0.0295. The van der Waals surface area contributed by atoms with Crippen molar-refractivity contribution in [2.75, 3.05) is 18.3 Å². The molecule has 0 radical (unpaired) electrons. The lowest BCUT2D eigenvalue weighted by atomic mass is 10.1. The molecular formula is C24H22FN5O3S. The standard InChI is InChI=1S/C24H22FN5O3S/c1-32-20-9-5-8-18(14-20)27-23(31)22(16-6-3-2-4-7-16)34-24-29-28-21(30(24)26)15-33-19-12-10-17(25)11-13-19/h2-14,22H,15,26H2,1H3,(H,27,31). The van der Waals surface area contributed by atoms with Crippen LogP contribution in [0.15, 0.2) is 84.0 Å². The molecule has 174 valence electrons. The van der Waals surface area contributed by atoms with E-state index in [9.17, 15) is 9.18 Å². The van der Waals surface area contributed by atoms with Crippen molar-refractivity contribution in [1.82, 2.24) is 14.9 Å². The van der Waals surface area contributed by atoms with Crippen LogP contribution in [0.4, 0.5) is 10.1 Å². The molecule has 0 fully saturated rings. The van der Waals surface area contributed by atoms with Crippen LogP contribution >= 0.6 is 11.8 Å². The topological polar surface area (TPSA) is 104 Å². The maximum atomic E-state index is 13.2. The maximum absolute atomic E-state index is 13.2. The Labute approximate surface area is 199 Å². The molecule has 0 saturated heterocycles. The van der Waals surface area contributed by atoms with E-state index >= 15 is 0 Å². The fraction of sp³-hybridized carbons (Fsp3) is 0.125. The highest BCUT2D eigenvalue weighted by Crippen LogP contribution is 2.35. The van der Waals surface area contributed by atoms with Crippen LogP contribution in [-0.4, -0.2) is 27.9 Å². The number of ether oxygens (including phenoxy) is 2. The number of anilines is 1. The molecule has 10 heteroatoms. The number of rotatable bonds is 9. The fourth-order valence-electron chi connectivity index (χ4n) is 3.08. The number of nitrogens with two attached hydrogens (primary N) is 1. The van der Waals surface area contributed by atoms with Gasteiger partial charge in [-0.15, -0.1) is 10.2 Å². The molecule has 4 aromatic rings. The molecule has 4 rings (SSSR count). The number of methoxy groups -OCH3 is 1. The third kappa shape index (κ3) is 5.65. The van der Waals surface area contributed by atoms with Gasteiger partial charge in [0.05, 0.1) is 7.11 Å². The van der Waals surface area contributed by atoms with Crippen LogP contribution in [0.1, 0.15) is 16.6 Å². The fourth-order valence-corrected chi connectivity index (χ4v) is 4.06. The predicted octanol–water partition coefficient (Wildman–Crippen LogP) is 4.19. The Bertz CT molecular complexity index is 1250. The second-order valence-corrected chi connectivity index (χ2v) is 8.21. The average Bonchev–Trinajstić information content (AvgIpc) is 3.21. The summed E-state index contributed by atoms with van der Waals surface area (Å²) in [6.07, 6.45) is 0. The summed E-state index contributed by atoms with van der Waals surface area (Å²) in [5.41, 5.74) is 1.38. The minimum absolute atomic E-state index is 0.0295. The van der Waals surface area contributed by atoms with Crippen LogP contribution in [0.5, 0.6) is 11.5 Å². The highest BCUT2D eigenvalue weighted by atomic mass is 32.2. The van der Waals surface area contributed by atoms with Gasteiger partial charge in [0.2, 0.25) is 11.1 Å². The second kappa shape index (κ2) is 10.7. The first kappa shape index (κ1) is 23.1. The zero-order chi connectivity index (χ0) is 23.9. The smallest absolute Gasteiger partial charge is 0.242 e. The number of hydrogen-bond donors (Lipinski definition) is 2. The molecule has 1 amide bonds. The maximum Gasteiger partial charge on any atom is 0.242 e. The molecule has 1 heterocycles. The number of nitrogens with one attached hydrogen (secondary N) is 1. The van der Waals surface area contributed by atoms with Crippen LogP contribution in [0.2, 0.25) is 0 Å². The predicted molar refractivity (Wildman–Crippen MR) is 128 cm³/mol. The number of nitrogens with zero attached hydrogens (tertiary/aromatic N) is 3. The Hall–Kier alpha value is -4.05. The number of aromatic nitrogens is 3. The van der Waals surface area contributed by atoms with Gasteiger partial charge in [-0.25, -0.2) is 9.07 Å². The molecule has 1 unspecified atom stereocenters. The quantitative estimate of drug-likeness (QED) is 0.274. The number of hydrogen-bond acceptors (Lipinski definition) is 7. The van der Waals surface area contributed by atoms with E-state index < -0.39 is 5.25 Å². The molecule has 0 bridgehead atoms. The molecule has 0 spiro atoms. The highest BCUT2D eigenvalue weighted by Gasteiger charge is 2.25. The van der Waals surface area contributed by atoms with E-state index in [0.29, 0.717) is 28.2 Å². The van der Waals surface area contributed by atoms with Gasteiger partial charge in [0.15, 0.2) is 5.82 Å². The summed E-state index contributed by atoms with van der Waals surface area (Å²) in [5.74, 6) is 7.04. The lowest BCUT2D eigenvalue weighted by Gasteiger charge is -2.17. The van der Waals surface area contributed by atoms with Gasteiger partial charge in [0.1, 0.15) is 29.2 Å². The van der Waals surface area contributed by atoms with Gasteiger partial charge in [-0.2, -0.15) is 0 Å². The molecule has 1 aromatic heterocycles. The monoisotopic (exact) mass is 479 g/mol. The van der Waals surface area contributed by atoms with E-state index in [1.165, 1.54) is 40.7 Å². The summed E-state index contributed by atoms with van der Waals surface area (Å²) < 4.78 is 25.2. The van der Waals surface area contributed by atoms with Crippen molar-refractivity contribution < 1.29 is 18.7 Å². The van der Waals surface area contributed by atoms with Crippen molar-refractivity contribution in [1.29, 1.82) is 0 Å². The number of carbonyl (C=O) groups is 1. The van der Waals surface area contributed by atoms with Crippen LogP contribution < -0.4 is 20.6 Å². The van der Waals surface area contributed by atoms with E-state index in [4.69, 9.17) is 15.3 Å². The zero-order valence-electron chi connectivity index (χ0n) is 18.2. The van der Waals surface area contributed by atoms with Crippen LogP contribution in [0.25, 0.3) is 0 Å². The molecule has 0 aliphatic rings. The van der Waals surface area contributed by atoms with Gasteiger partial charge in [-0.3, -0.25) is 4.79 Å². The van der Waals surface area contributed by atoms with Gasteiger partial charge in [0.25, 0.3) is 0 Å². The van der Waals surface area contributed by atoms with Crippen molar-refractivity contribution in [3.63, 3.8) is 0 Å². The summed E-state index contributed by atoms with van der Waals surface area (Å²) in [5, 5.41) is 10.8. The van der Waals surface area contributed by atoms with E-state index in [1.807, 2.05) is 30.3 Å². The number of thioether (sulfide) groups is 1. The number of halogens is 1. The lowest BCUT2D eigenvalue weighted by Crippen LogP contribution is -2.21. The van der Waals surface area contributed by atoms with Gasteiger partial charge >= 0.3 is 0 Å². The number of amides is 1. The molecule has 0 aliphatic carbocycles. The van der Waals surface area contributed by atoms with Crippen molar-refractivity contribution in [3.8, 4) is 11.5 Å². The van der Waals surface area contributed by atoms with E-state index in [2.05, 4.69) is 15.5 Å². The SMILES string of the molecule is COc1cccc(NC(=O)C(Sc2nnc(COc3ccc(F)cc3)n2N)c2ccccc2)c1. The van der Waals surface area contributed by atoms with E-state index in [1.54, 1.807) is 31.4 Å². The van der Waals surface area contributed by atoms with Crippen LogP contribution in [0, 0.1) is 5.82 Å². The van der Waals surface area contributed by atoms with Crippen LogP contribution in [0.3, 0.4) is 0 Å². The molecule has 3 N–H and O–H groups in total. The van der Waals surface area contributed by atoms with Gasteiger partial charge in [-0.05, 0) is 42.0 Å². The summed E-state index contributed by atoms with van der Waals surface area (Å²) in [7, 11) is 1.56. The molecule has 8 nitrogen and oxygen atoms in total.